The molecule has 1 fully saturated rings. The van der Waals surface area contributed by atoms with Crippen LogP contribution in [0.15, 0.2) is 24.3 Å². The molecule has 2 N–H and O–H groups in total. The van der Waals surface area contributed by atoms with Crippen LogP contribution in [0.3, 0.4) is 0 Å². The molecule has 0 aromatic heterocycles. The van der Waals surface area contributed by atoms with Gasteiger partial charge in [-0.1, -0.05) is 24.3 Å². The number of rotatable bonds is 2. The molecule has 0 bridgehead atoms. The predicted molar refractivity (Wildman–Crippen MR) is 76.0 cm³/mol. The van der Waals surface area contributed by atoms with Crippen LogP contribution >= 0.6 is 0 Å². The highest BCUT2D eigenvalue weighted by atomic mass is 16.2. The molecule has 2 aliphatic rings. The van der Waals surface area contributed by atoms with Crippen LogP contribution in [0.2, 0.25) is 0 Å². The Hall–Kier alpha value is -1.51. The Kier molecular flexibility index (Phi) is 3.45. The summed E-state index contributed by atoms with van der Waals surface area (Å²) in [5.74, 6) is 0.606. The van der Waals surface area contributed by atoms with Gasteiger partial charge in [0.2, 0.25) is 0 Å². The van der Waals surface area contributed by atoms with Crippen molar-refractivity contribution in [3.8, 4) is 0 Å². The van der Waals surface area contributed by atoms with Gasteiger partial charge in [-0.25, -0.2) is 4.79 Å². The number of hydrogen-bond donors (Lipinski definition) is 1. The van der Waals surface area contributed by atoms with Crippen molar-refractivity contribution in [1.82, 2.24) is 4.90 Å². The summed E-state index contributed by atoms with van der Waals surface area (Å²) in [7, 11) is 0. The second-order valence-corrected chi connectivity index (χ2v) is 5.85. The quantitative estimate of drug-likeness (QED) is 0.870. The monoisotopic (exact) mass is 258 g/mol. The third-order valence-electron chi connectivity index (χ3n) is 4.71. The summed E-state index contributed by atoms with van der Waals surface area (Å²) in [5, 5.41) is 0. The zero-order valence-corrected chi connectivity index (χ0v) is 11.3. The van der Waals surface area contributed by atoms with E-state index in [9.17, 15) is 4.79 Å². The summed E-state index contributed by atoms with van der Waals surface area (Å²) >= 11 is 0. The molecule has 1 saturated heterocycles. The van der Waals surface area contributed by atoms with E-state index in [2.05, 4.69) is 24.3 Å². The average Bonchev–Trinajstić information content (AvgIpc) is 2.87. The molecule has 3 nitrogen and oxygen atoms in total. The van der Waals surface area contributed by atoms with Crippen molar-refractivity contribution in [2.45, 2.75) is 50.5 Å². The van der Waals surface area contributed by atoms with Gasteiger partial charge in [0.25, 0.3) is 0 Å². The van der Waals surface area contributed by atoms with E-state index < -0.39 is 0 Å². The van der Waals surface area contributed by atoms with Gasteiger partial charge in [0.1, 0.15) is 0 Å². The molecule has 0 radical (unpaired) electrons. The Bertz CT molecular complexity index is 472. The number of likely N-dealkylation sites (tertiary alicyclic amines) is 1. The number of carbonyl (C=O) groups is 1. The minimum Gasteiger partial charge on any atom is -0.351 e. The lowest BCUT2D eigenvalue weighted by molar-refractivity contribution is 0.196. The first-order valence-electron chi connectivity index (χ1n) is 7.39. The third kappa shape index (κ3) is 2.46. The fourth-order valence-corrected chi connectivity index (χ4v) is 3.80. The van der Waals surface area contributed by atoms with Crippen molar-refractivity contribution in [2.24, 2.45) is 5.73 Å². The van der Waals surface area contributed by atoms with E-state index in [1.165, 1.54) is 30.4 Å². The van der Waals surface area contributed by atoms with Crippen LogP contribution in [0.4, 0.5) is 4.79 Å². The topological polar surface area (TPSA) is 46.3 Å². The van der Waals surface area contributed by atoms with Crippen molar-refractivity contribution in [3.63, 3.8) is 0 Å². The van der Waals surface area contributed by atoms with E-state index in [0.29, 0.717) is 12.0 Å². The van der Waals surface area contributed by atoms with Gasteiger partial charge < -0.3 is 10.6 Å². The van der Waals surface area contributed by atoms with Crippen LogP contribution in [0.5, 0.6) is 0 Å². The molecule has 3 heteroatoms. The smallest absolute Gasteiger partial charge is 0.315 e. The number of carbonyl (C=O) groups excluding carboxylic acids is 1. The predicted octanol–water partition coefficient (Wildman–Crippen LogP) is 3.04. The normalized spacial score (nSPS) is 26.2. The second-order valence-electron chi connectivity index (χ2n) is 5.85. The maximum Gasteiger partial charge on any atom is 0.315 e. The van der Waals surface area contributed by atoms with Crippen LogP contribution < -0.4 is 5.73 Å². The number of amides is 2. The molecule has 0 saturated carbocycles. The minimum atomic E-state index is -0.244. The Balaban J connectivity index is 1.76. The van der Waals surface area contributed by atoms with E-state index in [-0.39, 0.29) is 6.03 Å². The van der Waals surface area contributed by atoms with E-state index in [0.717, 1.165) is 25.8 Å². The molecule has 1 aliphatic carbocycles. The summed E-state index contributed by atoms with van der Waals surface area (Å²) in [4.78, 5) is 13.3. The number of primary amides is 1. The van der Waals surface area contributed by atoms with Crippen molar-refractivity contribution < 1.29 is 4.79 Å². The molecule has 1 aromatic carbocycles. The van der Waals surface area contributed by atoms with Gasteiger partial charge in [-0.15, -0.1) is 0 Å². The highest BCUT2D eigenvalue weighted by molar-refractivity contribution is 5.72. The largest absolute Gasteiger partial charge is 0.351 e. The molecule has 0 spiro atoms. The van der Waals surface area contributed by atoms with Gasteiger partial charge in [-0.2, -0.15) is 0 Å². The number of aryl methyl sites for hydroxylation is 1. The number of fused-ring (bicyclic) bond motifs is 1. The summed E-state index contributed by atoms with van der Waals surface area (Å²) in [5.41, 5.74) is 8.48. The molecule has 1 heterocycles. The molecule has 0 unspecified atom stereocenters. The van der Waals surface area contributed by atoms with Crippen molar-refractivity contribution >= 4 is 6.03 Å². The first kappa shape index (κ1) is 12.5. The SMILES string of the molecule is NC(=O)N1CCC[C@H]1C[C@H]1CCCc2ccccc21. The molecule has 2 atom stereocenters. The highest BCUT2D eigenvalue weighted by Crippen LogP contribution is 2.37. The number of nitrogens with zero attached hydrogens (tertiary/aromatic N) is 1. The van der Waals surface area contributed by atoms with Gasteiger partial charge in [0.15, 0.2) is 0 Å². The molecule has 3 rings (SSSR count). The summed E-state index contributed by atoms with van der Waals surface area (Å²) in [6.07, 6.45) is 7.02. The lowest BCUT2D eigenvalue weighted by Crippen LogP contribution is -2.40. The van der Waals surface area contributed by atoms with Gasteiger partial charge in [0.05, 0.1) is 0 Å². The molecule has 19 heavy (non-hydrogen) atoms. The third-order valence-corrected chi connectivity index (χ3v) is 4.71. The molecule has 2 amide bonds. The van der Waals surface area contributed by atoms with Crippen molar-refractivity contribution in [2.75, 3.05) is 6.54 Å². The van der Waals surface area contributed by atoms with Gasteiger partial charge >= 0.3 is 6.03 Å². The second kappa shape index (κ2) is 5.24. The summed E-state index contributed by atoms with van der Waals surface area (Å²) in [6, 6.07) is 8.90. The Morgan fingerprint density at radius 1 is 1.26 bits per heavy atom. The van der Waals surface area contributed by atoms with Gasteiger partial charge in [-0.05, 0) is 55.6 Å². The Labute approximate surface area is 114 Å². The lowest BCUT2D eigenvalue weighted by atomic mass is 9.79. The molecular weight excluding hydrogens is 236 g/mol. The van der Waals surface area contributed by atoms with E-state index in [1.54, 1.807) is 0 Å². The average molecular weight is 258 g/mol. The number of urea groups is 1. The Morgan fingerprint density at radius 3 is 2.95 bits per heavy atom. The van der Waals surface area contributed by atoms with Gasteiger partial charge in [-0.3, -0.25) is 0 Å². The van der Waals surface area contributed by atoms with Crippen LogP contribution in [0, 0.1) is 0 Å². The maximum absolute atomic E-state index is 11.4. The van der Waals surface area contributed by atoms with Crippen LogP contribution in [0.25, 0.3) is 0 Å². The summed E-state index contributed by atoms with van der Waals surface area (Å²) in [6.45, 7) is 0.842. The zero-order chi connectivity index (χ0) is 13.2. The van der Waals surface area contributed by atoms with E-state index >= 15 is 0 Å². The lowest BCUT2D eigenvalue weighted by Gasteiger charge is -2.31. The molecule has 102 valence electrons. The van der Waals surface area contributed by atoms with Crippen LogP contribution in [0.1, 0.15) is 49.1 Å². The van der Waals surface area contributed by atoms with Crippen LogP contribution in [-0.2, 0) is 6.42 Å². The fraction of sp³-hybridized carbons (Fsp3) is 0.562. The molecule has 1 aliphatic heterocycles. The number of hydrogen-bond acceptors (Lipinski definition) is 1. The standard InChI is InChI=1S/C16H22N2O/c17-16(19)18-10-4-8-14(18)11-13-7-3-6-12-5-1-2-9-15(12)13/h1-2,5,9,13-14H,3-4,6-8,10-11H2,(H2,17,19)/t13-,14+/m1/s1. The van der Waals surface area contributed by atoms with Gasteiger partial charge in [0, 0.05) is 12.6 Å². The van der Waals surface area contributed by atoms with Crippen molar-refractivity contribution in [1.29, 1.82) is 0 Å². The first-order chi connectivity index (χ1) is 9.25. The first-order valence-corrected chi connectivity index (χ1v) is 7.39. The molecule has 1 aromatic rings. The maximum atomic E-state index is 11.4. The van der Waals surface area contributed by atoms with E-state index in [4.69, 9.17) is 5.73 Å². The van der Waals surface area contributed by atoms with E-state index in [1.807, 2.05) is 4.90 Å². The Morgan fingerprint density at radius 2 is 2.11 bits per heavy atom. The fourth-order valence-electron chi connectivity index (χ4n) is 3.80. The van der Waals surface area contributed by atoms with Crippen LogP contribution in [-0.4, -0.2) is 23.5 Å². The highest BCUT2D eigenvalue weighted by Gasteiger charge is 2.31. The molecular formula is C16H22N2O. The minimum absolute atomic E-state index is 0.244. The summed E-state index contributed by atoms with van der Waals surface area (Å²) < 4.78 is 0. The number of nitrogens with two attached hydrogens (primary N) is 1. The zero-order valence-electron chi connectivity index (χ0n) is 11.3. The number of benzene rings is 1. The van der Waals surface area contributed by atoms with Crippen molar-refractivity contribution in [3.05, 3.63) is 35.4 Å².